The lowest BCUT2D eigenvalue weighted by molar-refractivity contribution is -0.145. The van der Waals surface area contributed by atoms with E-state index in [1.54, 1.807) is 16.8 Å². The number of anilines is 1. The number of para-hydroxylation sites is 1. The Morgan fingerprint density at radius 1 is 1.03 bits per heavy atom. The van der Waals surface area contributed by atoms with E-state index in [-0.39, 0.29) is 11.7 Å². The van der Waals surface area contributed by atoms with Crippen molar-refractivity contribution in [3.05, 3.63) is 76.5 Å². The Morgan fingerprint density at radius 2 is 1.73 bits per heavy atom. The zero-order valence-electron chi connectivity index (χ0n) is 15.6. The molecular weight excluding hydrogens is 419 g/mol. The summed E-state index contributed by atoms with van der Waals surface area (Å²) in [6.45, 7) is 1.30. The molecule has 30 heavy (non-hydrogen) atoms. The van der Waals surface area contributed by atoms with Gasteiger partial charge in [0.2, 0.25) is 0 Å². The summed E-state index contributed by atoms with van der Waals surface area (Å²) in [5.41, 5.74) is 0.0467. The Bertz CT molecular complexity index is 1020. The lowest BCUT2D eigenvalue weighted by atomic mass is 10.2. The molecule has 156 valence electrons. The fraction of sp³-hybridized carbons (Fsp3) is 0.143. The predicted molar refractivity (Wildman–Crippen MR) is 106 cm³/mol. The van der Waals surface area contributed by atoms with E-state index in [0.29, 0.717) is 11.3 Å². The Kier molecular flexibility index (Phi) is 6.41. The lowest BCUT2D eigenvalue weighted by Gasteiger charge is -2.17. The van der Waals surface area contributed by atoms with Crippen LogP contribution in [0.3, 0.4) is 0 Å². The molecule has 1 heterocycles. The standard InChI is InChI=1S/C21H16F3NO4S/c1-13(28-18-5-3-2-4-17(18)21(22,23)24)20(27)29-16-8-6-15(7-9-16)25-19(26)14-10-11-30-12-14/h2-13H,1H3,(H,25,26). The molecule has 0 spiro atoms. The van der Waals surface area contributed by atoms with E-state index in [9.17, 15) is 22.8 Å². The average molecular weight is 435 g/mol. The third kappa shape index (κ3) is 5.38. The van der Waals surface area contributed by atoms with Crippen LogP contribution in [0, 0.1) is 0 Å². The summed E-state index contributed by atoms with van der Waals surface area (Å²) in [6.07, 6.45) is -5.88. The number of thiophene rings is 1. The highest BCUT2D eigenvalue weighted by Crippen LogP contribution is 2.36. The van der Waals surface area contributed by atoms with E-state index < -0.39 is 29.6 Å². The molecule has 9 heteroatoms. The second-order valence-corrected chi connectivity index (χ2v) is 6.95. The van der Waals surface area contributed by atoms with Crippen molar-refractivity contribution in [2.24, 2.45) is 0 Å². The molecule has 0 aliphatic rings. The smallest absolute Gasteiger partial charge is 0.419 e. The van der Waals surface area contributed by atoms with Gasteiger partial charge in [-0.3, -0.25) is 4.79 Å². The highest BCUT2D eigenvalue weighted by Gasteiger charge is 2.35. The van der Waals surface area contributed by atoms with Crippen molar-refractivity contribution in [2.45, 2.75) is 19.2 Å². The Morgan fingerprint density at radius 3 is 2.37 bits per heavy atom. The first-order valence-electron chi connectivity index (χ1n) is 8.72. The van der Waals surface area contributed by atoms with Crippen molar-refractivity contribution in [2.75, 3.05) is 5.32 Å². The van der Waals surface area contributed by atoms with Crippen LogP contribution in [-0.2, 0) is 11.0 Å². The van der Waals surface area contributed by atoms with Crippen molar-refractivity contribution in [3.8, 4) is 11.5 Å². The third-order valence-corrected chi connectivity index (χ3v) is 4.63. The normalized spacial score (nSPS) is 12.1. The maximum absolute atomic E-state index is 13.0. The van der Waals surface area contributed by atoms with Crippen LogP contribution in [0.5, 0.6) is 11.5 Å². The van der Waals surface area contributed by atoms with Crippen molar-refractivity contribution < 1.29 is 32.2 Å². The van der Waals surface area contributed by atoms with Crippen LogP contribution in [0.25, 0.3) is 0 Å². The molecule has 0 aliphatic heterocycles. The summed E-state index contributed by atoms with van der Waals surface area (Å²) >= 11 is 1.40. The number of ether oxygens (including phenoxy) is 2. The SMILES string of the molecule is CC(Oc1ccccc1C(F)(F)F)C(=O)Oc1ccc(NC(=O)c2ccsc2)cc1. The number of esters is 1. The van der Waals surface area contributed by atoms with Crippen molar-refractivity contribution >= 4 is 28.9 Å². The van der Waals surface area contributed by atoms with Crippen LogP contribution in [0.1, 0.15) is 22.8 Å². The van der Waals surface area contributed by atoms with Crippen LogP contribution in [-0.4, -0.2) is 18.0 Å². The summed E-state index contributed by atoms with van der Waals surface area (Å²) in [4.78, 5) is 24.2. The van der Waals surface area contributed by atoms with Gasteiger partial charge in [-0.05, 0) is 54.8 Å². The Hall–Kier alpha value is -3.33. The summed E-state index contributed by atoms with van der Waals surface area (Å²) in [5.74, 6) is -1.43. The first-order valence-corrected chi connectivity index (χ1v) is 9.66. The highest BCUT2D eigenvalue weighted by atomic mass is 32.1. The minimum absolute atomic E-state index is 0.160. The molecule has 5 nitrogen and oxygen atoms in total. The largest absolute Gasteiger partial charge is 0.478 e. The van der Waals surface area contributed by atoms with E-state index in [4.69, 9.17) is 9.47 Å². The second kappa shape index (κ2) is 9.00. The number of carbonyl (C=O) groups excluding carboxylic acids is 2. The van der Waals surface area contributed by atoms with Crippen molar-refractivity contribution in [3.63, 3.8) is 0 Å². The monoisotopic (exact) mass is 435 g/mol. The molecule has 1 amide bonds. The number of carbonyl (C=O) groups is 2. The molecule has 2 aromatic carbocycles. The average Bonchev–Trinajstić information content (AvgIpc) is 3.24. The number of amides is 1. The molecule has 0 fully saturated rings. The zero-order chi connectivity index (χ0) is 21.7. The number of nitrogens with one attached hydrogen (secondary N) is 1. The van der Waals surface area contributed by atoms with Gasteiger partial charge in [0.25, 0.3) is 5.91 Å². The lowest BCUT2D eigenvalue weighted by Crippen LogP contribution is -2.29. The molecule has 0 radical (unpaired) electrons. The summed E-state index contributed by atoms with van der Waals surface area (Å²) in [7, 11) is 0. The highest BCUT2D eigenvalue weighted by molar-refractivity contribution is 7.08. The molecule has 0 saturated carbocycles. The molecule has 1 atom stereocenters. The maximum Gasteiger partial charge on any atom is 0.419 e. The number of hydrogen-bond acceptors (Lipinski definition) is 5. The number of hydrogen-bond donors (Lipinski definition) is 1. The van der Waals surface area contributed by atoms with Gasteiger partial charge in [0, 0.05) is 11.1 Å². The van der Waals surface area contributed by atoms with Gasteiger partial charge in [-0.25, -0.2) is 4.79 Å². The van der Waals surface area contributed by atoms with Gasteiger partial charge in [0.05, 0.1) is 11.1 Å². The minimum Gasteiger partial charge on any atom is -0.478 e. The van der Waals surface area contributed by atoms with Gasteiger partial charge >= 0.3 is 12.1 Å². The van der Waals surface area contributed by atoms with Crippen LogP contribution >= 0.6 is 11.3 Å². The van der Waals surface area contributed by atoms with Gasteiger partial charge < -0.3 is 14.8 Å². The van der Waals surface area contributed by atoms with Crippen LogP contribution in [0.4, 0.5) is 18.9 Å². The van der Waals surface area contributed by atoms with E-state index in [0.717, 1.165) is 12.1 Å². The number of alkyl halides is 3. The molecule has 0 saturated heterocycles. The molecule has 3 aromatic rings. The summed E-state index contributed by atoms with van der Waals surface area (Å²) in [5, 5.41) is 6.19. The molecular formula is C21H16F3NO4S. The molecule has 1 unspecified atom stereocenters. The van der Waals surface area contributed by atoms with E-state index in [2.05, 4.69) is 5.32 Å². The van der Waals surface area contributed by atoms with Crippen molar-refractivity contribution in [1.29, 1.82) is 0 Å². The third-order valence-electron chi connectivity index (χ3n) is 3.94. The number of halogens is 3. The van der Waals surface area contributed by atoms with Crippen LogP contribution in [0.2, 0.25) is 0 Å². The molecule has 0 bridgehead atoms. The fourth-order valence-corrected chi connectivity index (χ4v) is 3.08. The zero-order valence-corrected chi connectivity index (χ0v) is 16.4. The van der Waals surface area contributed by atoms with Gasteiger partial charge in [-0.2, -0.15) is 24.5 Å². The topological polar surface area (TPSA) is 64.6 Å². The molecule has 0 aliphatic carbocycles. The van der Waals surface area contributed by atoms with Gasteiger partial charge in [0.15, 0.2) is 6.10 Å². The second-order valence-electron chi connectivity index (χ2n) is 6.17. The summed E-state index contributed by atoms with van der Waals surface area (Å²) < 4.78 is 49.4. The number of benzene rings is 2. The maximum atomic E-state index is 13.0. The Labute approximate surface area is 174 Å². The first-order chi connectivity index (χ1) is 14.2. The fourth-order valence-electron chi connectivity index (χ4n) is 2.44. The van der Waals surface area contributed by atoms with Crippen molar-refractivity contribution in [1.82, 2.24) is 0 Å². The van der Waals surface area contributed by atoms with E-state index >= 15 is 0 Å². The van der Waals surface area contributed by atoms with Gasteiger partial charge in [-0.15, -0.1) is 0 Å². The molecule has 3 rings (SSSR count). The number of rotatable bonds is 6. The quantitative estimate of drug-likeness (QED) is 0.416. The molecule has 1 N–H and O–H groups in total. The summed E-state index contributed by atoms with van der Waals surface area (Å²) in [6, 6.07) is 12.3. The van der Waals surface area contributed by atoms with Crippen LogP contribution in [0.15, 0.2) is 65.4 Å². The van der Waals surface area contributed by atoms with Gasteiger partial charge in [-0.1, -0.05) is 12.1 Å². The van der Waals surface area contributed by atoms with E-state index in [1.165, 1.54) is 54.7 Å². The predicted octanol–water partition coefficient (Wildman–Crippen LogP) is 5.39. The van der Waals surface area contributed by atoms with Gasteiger partial charge in [0.1, 0.15) is 11.5 Å². The van der Waals surface area contributed by atoms with Crippen LogP contribution < -0.4 is 14.8 Å². The Balaban J connectivity index is 1.60. The first kappa shape index (κ1) is 21.4. The molecule has 1 aromatic heterocycles. The van der Waals surface area contributed by atoms with E-state index in [1.807, 2.05) is 0 Å². The minimum atomic E-state index is -4.61.